The second-order valence-electron chi connectivity index (χ2n) is 4.60. The van der Waals surface area contributed by atoms with Crippen molar-refractivity contribution in [3.8, 4) is 0 Å². The highest BCUT2D eigenvalue weighted by molar-refractivity contribution is 5.16. The number of rotatable bonds is 3. The lowest BCUT2D eigenvalue weighted by Gasteiger charge is -2.29. The fraction of sp³-hybridized carbons (Fsp3) is 0.750. The topological polar surface area (TPSA) is 41.3 Å². The molecule has 0 bridgehead atoms. The molecule has 0 aromatic carbocycles. The molecule has 1 aromatic heterocycles. The molecule has 0 radical (unpaired) electrons. The number of hydrogen-bond acceptors (Lipinski definition) is 3. The fourth-order valence-corrected chi connectivity index (χ4v) is 2.37. The summed E-state index contributed by atoms with van der Waals surface area (Å²) in [5, 5.41) is 14.0. The van der Waals surface area contributed by atoms with Crippen LogP contribution in [0, 0.1) is 6.92 Å². The van der Waals surface area contributed by atoms with Crippen LogP contribution >= 0.6 is 0 Å². The summed E-state index contributed by atoms with van der Waals surface area (Å²) in [4.78, 5) is 2.32. The van der Waals surface area contributed by atoms with Crippen LogP contribution in [0.3, 0.4) is 0 Å². The summed E-state index contributed by atoms with van der Waals surface area (Å²) in [7, 11) is 0. The molecule has 0 aliphatic carbocycles. The van der Waals surface area contributed by atoms with Gasteiger partial charge in [-0.05, 0) is 33.2 Å². The van der Waals surface area contributed by atoms with E-state index in [2.05, 4.69) is 23.8 Å². The van der Waals surface area contributed by atoms with Gasteiger partial charge in [-0.1, -0.05) is 0 Å². The van der Waals surface area contributed by atoms with Crippen LogP contribution in [-0.4, -0.2) is 39.0 Å². The van der Waals surface area contributed by atoms with Gasteiger partial charge in [0.2, 0.25) is 0 Å². The van der Waals surface area contributed by atoms with Crippen LogP contribution in [0.1, 0.15) is 31.0 Å². The van der Waals surface area contributed by atoms with E-state index in [4.69, 9.17) is 0 Å². The van der Waals surface area contributed by atoms with Gasteiger partial charge < -0.3 is 5.11 Å². The summed E-state index contributed by atoms with van der Waals surface area (Å²) in [5.74, 6) is 0. The molecular formula is C12H21N3O. The highest BCUT2D eigenvalue weighted by Crippen LogP contribution is 2.15. The summed E-state index contributed by atoms with van der Waals surface area (Å²) in [6.45, 7) is 7.96. The van der Waals surface area contributed by atoms with Gasteiger partial charge in [0.15, 0.2) is 0 Å². The minimum absolute atomic E-state index is 0.143. The normalized spacial score (nSPS) is 22.6. The maximum atomic E-state index is 9.62. The Kier molecular flexibility index (Phi) is 3.61. The third-order valence-electron chi connectivity index (χ3n) is 3.38. The smallest absolute Gasteiger partial charge is 0.0667 e. The number of aliphatic hydroxyl groups excluding tert-OH is 1. The lowest BCUT2D eigenvalue weighted by Crippen LogP contribution is -2.37. The van der Waals surface area contributed by atoms with Crippen molar-refractivity contribution >= 4 is 0 Å². The van der Waals surface area contributed by atoms with Gasteiger partial charge in [-0.3, -0.25) is 9.58 Å². The standard InChI is InChI=1S/C12H21N3O/c1-3-15-10(2)11(7-13-15)8-14-6-4-5-12(16)9-14/h7,12,16H,3-6,8-9H2,1-2H3/t12-/m0/s1. The largest absolute Gasteiger partial charge is 0.392 e. The van der Waals surface area contributed by atoms with Gasteiger partial charge in [-0.25, -0.2) is 0 Å². The number of likely N-dealkylation sites (tertiary alicyclic amines) is 1. The zero-order valence-corrected chi connectivity index (χ0v) is 10.2. The molecule has 1 N–H and O–H groups in total. The van der Waals surface area contributed by atoms with E-state index in [0.717, 1.165) is 39.0 Å². The fourth-order valence-electron chi connectivity index (χ4n) is 2.37. The first-order valence-electron chi connectivity index (χ1n) is 6.12. The van der Waals surface area contributed by atoms with Crippen LogP contribution in [-0.2, 0) is 13.1 Å². The molecule has 16 heavy (non-hydrogen) atoms. The van der Waals surface area contributed by atoms with Crippen LogP contribution < -0.4 is 0 Å². The van der Waals surface area contributed by atoms with Gasteiger partial charge in [-0.15, -0.1) is 0 Å². The summed E-state index contributed by atoms with van der Waals surface area (Å²) in [5.41, 5.74) is 2.54. The maximum absolute atomic E-state index is 9.62. The molecule has 0 saturated carbocycles. The molecule has 1 fully saturated rings. The third kappa shape index (κ3) is 2.44. The predicted octanol–water partition coefficient (Wildman–Crippen LogP) is 1.17. The number of nitrogens with zero attached hydrogens (tertiary/aromatic N) is 3. The Labute approximate surface area is 96.9 Å². The van der Waals surface area contributed by atoms with E-state index in [1.807, 2.05) is 10.9 Å². The molecular weight excluding hydrogens is 202 g/mol. The molecule has 90 valence electrons. The molecule has 0 unspecified atom stereocenters. The minimum atomic E-state index is -0.143. The van der Waals surface area contributed by atoms with E-state index in [-0.39, 0.29) is 6.10 Å². The van der Waals surface area contributed by atoms with Crippen molar-refractivity contribution in [2.24, 2.45) is 0 Å². The van der Waals surface area contributed by atoms with E-state index >= 15 is 0 Å². The molecule has 1 aliphatic heterocycles. The lowest BCUT2D eigenvalue weighted by atomic mass is 10.1. The molecule has 4 nitrogen and oxygen atoms in total. The Morgan fingerprint density at radius 3 is 3.00 bits per heavy atom. The van der Waals surface area contributed by atoms with Crippen molar-refractivity contribution in [2.75, 3.05) is 13.1 Å². The number of hydrogen-bond donors (Lipinski definition) is 1. The highest BCUT2D eigenvalue weighted by atomic mass is 16.3. The van der Waals surface area contributed by atoms with Crippen LogP contribution in [0.2, 0.25) is 0 Å². The van der Waals surface area contributed by atoms with Gasteiger partial charge >= 0.3 is 0 Å². The van der Waals surface area contributed by atoms with Crippen molar-refractivity contribution < 1.29 is 5.11 Å². The molecule has 1 aliphatic rings. The monoisotopic (exact) mass is 223 g/mol. The first-order chi connectivity index (χ1) is 7.70. The summed E-state index contributed by atoms with van der Waals surface area (Å²) in [6.07, 6.45) is 3.86. The molecule has 1 saturated heterocycles. The molecule has 0 amide bonds. The first-order valence-corrected chi connectivity index (χ1v) is 6.12. The van der Waals surface area contributed by atoms with Gasteiger partial charge in [0.05, 0.1) is 12.3 Å². The number of aliphatic hydroxyl groups is 1. The average molecular weight is 223 g/mol. The van der Waals surface area contributed by atoms with Gasteiger partial charge in [0.25, 0.3) is 0 Å². The van der Waals surface area contributed by atoms with E-state index in [9.17, 15) is 5.11 Å². The molecule has 2 heterocycles. The number of aryl methyl sites for hydroxylation is 1. The van der Waals surface area contributed by atoms with E-state index in [1.165, 1.54) is 11.3 Å². The Bertz CT molecular complexity index is 348. The van der Waals surface area contributed by atoms with Gasteiger partial charge in [0.1, 0.15) is 0 Å². The summed E-state index contributed by atoms with van der Waals surface area (Å²) < 4.78 is 2.02. The Balaban J connectivity index is 2.00. The summed E-state index contributed by atoms with van der Waals surface area (Å²) in [6, 6.07) is 0. The Morgan fingerprint density at radius 1 is 1.56 bits per heavy atom. The second kappa shape index (κ2) is 4.97. The zero-order chi connectivity index (χ0) is 11.5. The number of aromatic nitrogens is 2. The maximum Gasteiger partial charge on any atom is 0.0667 e. The van der Waals surface area contributed by atoms with Crippen LogP contribution in [0.5, 0.6) is 0 Å². The first kappa shape index (κ1) is 11.6. The highest BCUT2D eigenvalue weighted by Gasteiger charge is 2.18. The van der Waals surface area contributed by atoms with Crippen LogP contribution in [0.15, 0.2) is 6.20 Å². The van der Waals surface area contributed by atoms with Crippen molar-refractivity contribution in [3.05, 3.63) is 17.5 Å². The molecule has 1 aromatic rings. The zero-order valence-electron chi connectivity index (χ0n) is 10.2. The van der Waals surface area contributed by atoms with Gasteiger partial charge in [0, 0.05) is 30.9 Å². The second-order valence-corrected chi connectivity index (χ2v) is 4.60. The lowest BCUT2D eigenvalue weighted by molar-refractivity contribution is 0.0667. The SMILES string of the molecule is CCn1ncc(CN2CCC[C@H](O)C2)c1C. The quantitative estimate of drug-likeness (QED) is 0.836. The molecule has 2 rings (SSSR count). The van der Waals surface area contributed by atoms with Gasteiger partial charge in [-0.2, -0.15) is 5.10 Å². The van der Waals surface area contributed by atoms with Crippen LogP contribution in [0.4, 0.5) is 0 Å². The molecule has 1 atom stereocenters. The number of β-amino-alcohol motifs (C(OH)–C–C–N with tert-alkyl or cyclic N) is 1. The van der Waals surface area contributed by atoms with Crippen molar-refractivity contribution in [2.45, 2.75) is 45.9 Å². The molecule has 0 spiro atoms. The molecule has 4 heteroatoms. The summed E-state index contributed by atoms with van der Waals surface area (Å²) >= 11 is 0. The third-order valence-corrected chi connectivity index (χ3v) is 3.38. The van der Waals surface area contributed by atoms with Crippen molar-refractivity contribution in [1.29, 1.82) is 0 Å². The van der Waals surface area contributed by atoms with E-state index in [0.29, 0.717) is 0 Å². The van der Waals surface area contributed by atoms with E-state index < -0.39 is 0 Å². The van der Waals surface area contributed by atoms with Crippen molar-refractivity contribution in [3.63, 3.8) is 0 Å². The minimum Gasteiger partial charge on any atom is -0.392 e. The van der Waals surface area contributed by atoms with Crippen molar-refractivity contribution in [1.82, 2.24) is 14.7 Å². The van der Waals surface area contributed by atoms with Crippen LogP contribution in [0.25, 0.3) is 0 Å². The number of piperidine rings is 1. The Hall–Kier alpha value is -0.870. The average Bonchev–Trinajstić information content (AvgIpc) is 2.60. The Morgan fingerprint density at radius 2 is 2.38 bits per heavy atom. The predicted molar refractivity (Wildman–Crippen MR) is 63.2 cm³/mol. The van der Waals surface area contributed by atoms with E-state index in [1.54, 1.807) is 0 Å².